The highest BCUT2D eigenvalue weighted by molar-refractivity contribution is 8.37. The molecule has 0 bridgehead atoms. The molecule has 0 heterocycles. The molecule has 9 heteroatoms. The van der Waals surface area contributed by atoms with E-state index >= 15 is 0 Å². The normalized spacial score (nSPS) is 15.1. The van der Waals surface area contributed by atoms with Crippen LogP contribution in [0.25, 0.3) is 0 Å². The van der Waals surface area contributed by atoms with E-state index in [2.05, 4.69) is 12.0 Å². The smallest absolute Gasteiger partial charge is 0.222 e. The summed E-state index contributed by atoms with van der Waals surface area (Å²) in [6, 6.07) is 7.56. The highest BCUT2D eigenvalue weighted by atomic mass is 35.9. The van der Waals surface area contributed by atoms with E-state index in [9.17, 15) is 0 Å². The first-order valence-electron chi connectivity index (χ1n) is 6.11. The first-order valence-corrected chi connectivity index (χ1v) is 12.6. The Bertz CT molecular complexity index is 565. The standard InChI is InChI=1S/C12H16Cl2N2OP2S2/c1-4-12(2,18-20)17-11-7-5-10(6-8-11)9-15-16(3)19(13,14)21/h5-9H,4H2,1-3H3/b15-9+. The summed E-state index contributed by atoms with van der Waals surface area (Å²) in [5.41, 5.74) is 0.903. The first-order chi connectivity index (χ1) is 9.70. The lowest BCUT2D eigenvalue weighted by molar-refractivity contribution is 0.180. The van der Waals surface area contributed by atoms with Gasteiger partial charge in [-0.2, -0.15) is 5.10 Å². The average Bonchev–Trinajstić information content (AvgIpc) is 2.45. The van der Waals surface area contributed by atoms with Gasteiger partial charge in [-0.05, 0) is 77.5 Å². The molecule has 0 fully saturated rings. The van der Waals surface area contributed by atoms with Gasteiger partial charge in [0.05, 0.1) is 6.21 Å². The van der Waals surface area contributed by atoms with Gasteiger partial charge in [0.1, 0.15) is 5.75 Å². The van der Waals surface area contributed by atoms with Crippen LogP contribution >= 0.6 is 34.7 Å². The molecule has 0 amide bonds. The zero-order valence-electron chi connectivity index (χ0n) is 11.9. The van der Waals surface area contributed by atoms with Gasteiger partial charge in [-0.25, -0.2) is 4.78 Å². The minimum Gasteiger partial charge on any atom is -0.478 e. The molecule has 0 saturated carbocycles. The second kappa shape index (κ2) is 8.19. The summed E-state index contributed by atoms with van der Waals surface area (Å²) in [5, 5.41) is 3.79. The summed E-state index contributed by atoms with van der Waals surface area (Å²) in [4.78, 5) is -2.56. The van der Waals surface area contributed by atoms with Crippen LogP contribution in [0.5, 0.6) is 5.75 Å². The Morgan fingerprint density at radius 2 is 2.00 bits per heavy atom. The number of benzene rings is 1. The molecule has 116 valence electrons. The zero-order valence-corrected chi connectivity index (χ0v) is 16.8. The van der Waals surface area contributed by atoms with E-state index < -0.39 is 4.89 Å². The van der Waals surface area contributed by atoms with Crippen molar-refractivity contribution in [1.82, 2.24) is 4.78 Å². The maximum absolute atomic E-state index is 5.91. The number of nitrogens with zero attached hydrogens (tertiary/aromatic N) is 2. The first kappa shape index (κ1) is 19.3. The number of hydrogen-bond acceptors (Lipinski definition) is 4. The lowest BCUT2D eigenvalue weighted by Gasteiger charge is -2.24. The third kappa shape index (κ3) is 6.48. The molecule has 1 aromatic rings. The summed E-state index contributed by atoms with van der Waals surface area (Å²) in [7, 11) is 2.45. The molecule has 1 rings (SSSR count). The van der Waals surface area contributed by atoms with Crippen molar-refractivity contribution in [3.63, 3.8) is 0 Å². The Morgan fingerprint density at radius 1 is 1.43 bits per heavy atom. The van der Waals surface area contributed by atoms with E-state index in [0.29, 0.717) is 0 Å². The third-order valence-electron chi connectivity index (χ3n) is 2.78. The Morgan fingerprint density at radius 3 is 2.43 bits per heavy atom. The number of halogens is 2. The molecule has 0 spiro atoms. The van der Waals surface area contributed by atoms with Gasteiger partial charge in [0, 0.05) is 14.4 Å². The second-order valence-corrected chi connectivity index (χ2v) is 13.8. The van der Waals surface area contributed by atoms with Crippen LogP contribution in [0.15, 0.2) is 29.4 Å². The monoisotopic (exact) mass is 400 g/mol. The summed E-state index contributed by atoms with van der Waals surface area (Å²) in [6.45, 7) is 4.05. The van der Waals surface area contributed by atoms with Crippen LogP contribution < -0.4 is 4.74 Å². The maximum Gasteiger partial charge on any atom is 0.222 e. The molecule has 3 nitrogen and oxygen atoms in total. The van der Waals surface area contributed by atoms with E-state index in [-0.39, 0.29) is 5.34 Å². The molecule has 0 saturated heterocycles. The van der Waals surface area contributed by atoms with Crippen molar-refractivity contribution in [3.8, 4) is 5.75 Å². The molecule has 0 aliphatic heterocycles. The van der Waals surface area contributed by atoms with Crippen molar-refractivity contribution in [3.05, 3.63) is 29.8 Å². The van der Waals surface area contributed by atoms with Gasteiger partial charge in [0.15, 0.2) is 5.34 Å². The fraction of sp³-hybridized carbons (Fsp3) is 0.417. The Hall–Kier alpha value is 0.240. The number of hydrazone groups is 1. The van der Waals surface area contributed by atoms with Gasteiger partial charge >= 0.3 is 0 Å². The maximum atomic E-state index is 5.91. The Balaban J connectivity index is 2.77. The number of hydrogen-bond donors (Lipinski definition) is 0. The topological polar surface area (TPSA) is 24.8 Å². The minimum atomic E-state index is -2.56. The van der Waals surface area contributed by atoms with Crippen molar-refractivity contribution >= 4 is 64.6 Å². The highest BCUT2D eigenvalue weighted by Crippen LogP contribution is 2.59. The van der Waals surface area contributed by atoms with Crippen LogP contribution in [0, 0.1) is 0 Å². The van der Waals surface area contributed by atoms with Crippen molar-refractivity contribution in [2.45, 2.75) is 25.6 Å². The van der Waals surface area contributed by atoms with E-state index in [4.69, 9.17) is 50.8 Å². The van der Waals surface area contributed by atoms with E-state index in [1.807, 2.05) is 31.2 Å². The molecule has 1 aromatic carbocycles. The quantitative estimate of drug-likeness (QED) is 0.339. The van der Waals surface area contributed by atoms with Crippen LogP contribution in [0.3, 0.4) is 0 Å². The average molecular weight is 401 g/mol. The van der Waals surface area contributed by atoms with Gasteiger partial charge in [-0.1, -0.05) is 18.7 Å². The summed E-state index contributed by atoms with van der Waals surface area (Å²) in [6.07, 6.45) is 2.50. The molecule has 0 N–H and O–H groups in total. The van der Waals surface area contributed by atoms with Gasteiger partial charge in [-0.3, -0.25) is 0 Å². The third-order valence-corrected chi connectivity index (χ3v) is 7.53. The fourth-order valence-electron chi connectivity index (χ4n) is 1.24. The zero-order chi connectivity index (χ0) is 16.1. The van der Waals surface area contributed by atoms with Crippen LogP contribution in [-0.4, -0.2) is 23.4 Å². The molecule has 1 atom stereocenters. The molecule has 0 aliphatic rings. The predicted molar refractivity (Wildman–Crippen MR) is 101 cm³/mol. The Kier molecular flexibility index (Phi) is 7.52. The lowest BCUT2D eigenvalue weighted by Crippen LogP contribution is -2.23. The van der Waals surface area contributed by atoms with Crippen molar-refractivity contribution in [2.24, 2.45) is 5.10 Å². The summed E-state index contributed by atoms with van der Waals surface area (Å²) < 4.78 is 7.31. The molecule has 21 heavy (non-hydrogen) atoms. The largest absolute Gasteiger partial charge is 0.478 e. The number of rotatable bonds is 7. The SMILES string of the molecule is CCC(C)(Oc1ccc(/C=N/N(C)P(=S)(Cl)Cl)cc1)P=S. The van der Waals surface area contributed by atoms with Crippen LogP contribution in [0.1, 0.15) is 25.8 Å². The number of ether oxygens (including phenoxy) is 1. The predicted octanol–water partition coefficient (Wildman–Crippen LogP) is 5.57. The van der Waals surface area contributed by atoms with Gasteiger partial charge in [-0.15, -0.1) is 0 Å². The molecule has 1 unspecified atom stereocenters. The van der Waals surface area contributed by atoms with Crippen molar-refractivity contribution in [1.29, 1.82) is 0 Å². The van der Waals surface area contributed by atoms with Gasteiger partial charge < -0.3 is 4.74 Å². The van der Waals surface area contributed by atoms with E-state index in [1.54, 1.807) is 13.3 Å². The fourth-order valence-corrected chi connectivity index (χ4v) is 2.54. The molecule has 0 aliphatic carbocycles. The van der Waals surface area contributed by atoms with Crippen LogP contribution in [0.4, 0.5) is 0 Å². The molecule has 0 radical (unpaired) electrons. The minimum absolute atomic E-state index is 0.338. The Labute approximate surface area is 147 Å². The molecule has 0 aromatic heterocycles. The highest BCUT2D eigenvalue weighted by Gasteiger charge is 2.21. The molecular formula is C12H16Cl2N2OP2S2. The van der Waals surface area contributed by atoms with Crippen molar-refractivity contribution in [2.75, 3.05) is 7.05 Å². The summed E-state index contributed by atoms with van der Waals surface area (Å²) in [5.74, 6) is 0.780. The van der Waals surface area contributed by atoms with Gasteiger partial charge in [0.2, 0.25) is 4.89 Å². The van der Waals surface area contributed by atoms with E-state index in [0.717, 1.165) is 25.1 Å². The second-order valence-electron chi connectivity index (χ2n) is 4.46. The van der Waals surface area contributed by atoms with Crippen LogP contribution in [-0.2, 0) is 23.6 Å². The van der Waals surface area contributed by atoms with Crippen molar-refractivity contribution < 1.29 is 4.74 Å². The van der Waals surface area contributed by atoms with E-state index in [1.165, 1.54) is 4.78 Å². The summed E-state index contributed by atoms with van der Waals surface area (Å²) >= 11 is 21.8. The van der Waals surface area contributed by atoms with Crippen LogP contribution in [0.2, 0.25) is 0 Å². The van der Waals surface area contributed by atoms with Gasteiger partial charge in [0.25, 0.3) is 0 Å². The lowest BCUT2D eigenvalue weighted by atomic mass is 10.2. The molecular weight excluding hydrogens is 385 g/mol.